The standard InChI is InChI=1S/C15H18F2O3S/c1-20-14-6-13(17)12(16)5-11(14)15(18)7-9-3-2-4-10(8-15)21(9)19/h5-6,9-10,18H,2-4,7-8H2,1H3. The monoisotopic (exact) mass is 316 g/mol. The first-order chi connectivity index (χ1) is 9.94. The van der Waals surface area contributed by atoms with E-state index in [9.17, 15) is 18.1 Å². The van der Waals surface area contributed by atoms with Crippen LogP contribution in [0.3, 0.4) is 0 Å². The molecule has 0 amide bonds. The van der Waals surface area contributed by atoms with Gasteiger partial charge in [0, 0.05) is 32.9 Å². The number of methoxy groups -OCH3 is 1. The molecule has 2 aliphatic heterocycles. The van der Waals surface area contributed by atoms with E-state index in [1.54, 1.807) is 0 Å². The maximum absolute atomic E-state index is 13.6. The second-order valence-corrected chi connectivity index (χ2v) is 7.90. The van der Waals surface area contributed by atoms with Gasteiger partial charge in [-0.3, -0.25) is 4.21 Å². The van der Waals surface area contributed by atoms with Gasteiger partial charge in [-0.1, -0.05) is 6.42 Å². The van der Waals surface area contributed by atoms with Gasteiger partial charge in [0.25, 0.3) is 0 Å². The minimum atomic E-state index is -1.30. The van der Waals surface area contributed by atoms with Gasteiger partial charge in [-0.15, -0.1) is 0 Å². The van der Waals surface area contributed by atoms with Crippen molar-refractivity contribution in [2.45, 2.75) is 48.2 Å². The Balaban J connectivity index is 2.03. The Morgan fingerprint density at radius 2 is 1.81 bits per heavy atom. The van der Waals surface area contributed by atoms with E-state index in [1.165, 1.54) is 7.11 Å². The molecule has 2 bridgehead atoms. The number of rotatable bonds is 2. The highest BCUT2D eigenvalue weighted by atomic mass is 32.2. The lowest BCUT2D eigenvalue weighted by Crippen LogP contribution is -2.47. The highest BCUT2D eigenvalue weighted by Crippen LogP contribution is 2.47. The van der Waals surface area contributed by atoms with Crippen molar-refractivity contribution in [2.75, 3.05) is 7.11 Å². The molecule has 0 aromatic heterocycles. The van der Waals surface area contributed by atoms with Crippen LogP contribution in [0.4, 0.5) is 8.78 Å². The fraction of sp³-hybridized carbons (Fsp3) is 0.600. The Kier molecular flexibility index (Phi) is 3.78. The molecule has 1 aromatic rings. The van der Waals surface area contributed by atoms with Crippen LogP contribution in [0.15, 0.2) is 12.1 Å². The maximum Gasteiger partial charge on any atom is 0.162 e. The van der Waals surface area contributed by atoms with Crippen LogP contribution in [0.2, 0.25) is 0 Å². The fourth-order valence-corrected chi connectivity index (χ4v) is 5.79. The van der Waals surface area contributed by atoms with Crippen LogP contribution in [0.5, 0.6) is 5.75 Å². The van der Waals surface area contributed by atoms with Gasteiger partial charge in [0.05, 0.1) is 12.7 Å². The normalized spacial score (nSPS) is 35.5. The van der Waals surface area contributed by atoms with Crippen molar-refractivity contribution in [1.82, 2.24) is 0 Å². The van der Waals surface area contributed by atoms with Crippen molar-refractivity contribution in [1.29, 1.82) is 0 Å². The second kappa shape index (κ2) is 5.32. The first kappa shape index (κ1) is 14.9. The molecule has 0 radical (unpaired) electrons. The summed E-state index contributed by atoms with van der Waals surface area (Å²) in [7, 11) is 0.419. The van der Waals surface area contributed by atoms with E-state index in [2.05, 4.69) is 0 Å². The summed E-state index contributed by atoms with van der Waals surface area (Å²) in [4.78, 5) is 0. The summed E-state index contributed by atoms with van der Waals surface area (Å²) in [6, 6.07) is 1.97. The Hall–Kier alpha value is -1.01. The SMILES string of the molecule is COc1cc(F)c(F)cc1C1(O)CC2CCCC(C1)S2=O. The lowest BCUT2D eigenvalue weighted by Gasteiger charge is -2.44. The lowest BCUT2D eigenvalue weighted by molar-refractivity contribution is 0.00413. The van der Waals surface area contributed by atoms with Crippen molar-refractivity contribution in [3.8, 4) is 5.75 Å². The predicted octanol–water partition coefficient (Wildman–Crippen LogP) is 2.62. The van der Waals surface area contributed by atoms with Crippen molar-refractivity contribution in [3.05, 3.63) is 29.3 Å². The number of fused-ring (bicyclic) bond motifs is 2. The summed E-state index contributed by atoms with van der Waals surface area (Å²) in [5.74, 6) is -1.86. The molecule has 3 nitrogen and oxygen atoms in total. The number of halogens is 2. The maximum atomic E-state index is 13.6. The number of aliphatic hydroxyl groups is 1. The van der Waals surface area contributed by atoms with E-state index in [0.717, 1.165) is 31.4 Å². The van der Waals surface area contributed by atoms with Gasteiger partial charge in [0.2, 0.25) is 0 Å². The van der Waals surface area contributed by atoms with Crippen molar-refractivity contribution in [2.24, 2.45) is 0 Å². The molecule has 2 unspecified atom stereocenters. The van der Waals surface area contributed by atoms with Crippen molar-refractivity contribution in [3.63, 3.8) is 0 Å². The zero-order valence-corrected chi connectivity index (χ0v) is 12.6. The molecule has 2 fully saturated rings. The third-order valence-corrected chi connectivity index (χ3v) is 6.70. The molecule has 6 heteroatoms. The third kappa shape index (κ3) is 2.48. The van der Waals surface area contributed by atoms with E-state index in [4.69, 9.17) is 4.74 Å². The molecule has 2 aliphatic rings. The van der Waals surface area contributed by atoms with Crippen molar-refractivity contribution < 1.29 is 22.8 Å². The molecule has 1 aromatic carbocycles. The molecule has 0 saturated carbocycles. The quantitative estimate of drug-likeness (QED) is 0.912. The molecule has 21 heavy (non-hydrogen) atoms. The van der Waals surface area contributed by atoms with E-state index in [0.29, 0.717) is 12.8 Å². The number of hydrogen-bond donors (Lipinski definition) is 1. The molecular formula is C15H18F2O3S. The van der Waals surface area contributed by atoms with Crippen LogP contribution in [0.25, 0.3) is 0 Å². The Labute approximate surface area is 124 Å². The van der Waals surface area contributed by atoms with Gasteiger partial charge in [-0.25, -0.2) is 8.78 Å². The Morgan fingerprint density at radius 1 is 1.24 bits per heavy atom. The summed E-state index contributed by atoms with van der Waals surface area (Å²) >= 11 is 0. The second-order valence-electron chi connectivity index (χ2n) is 5.91. The first-order valence-corrected chi connectivity index (χ1v) is 8.37. The van der Waals surface area contributed by atoms with Crippen LogP contribution < -0.4 is 4.74 Å². The minimum absolute atomic E-state index is 0.0830. The zero-order valence-electron chi connectivity index (χ0n) is 11.8. The van der Waals surface area contributed by atoms with Crippen LogP contribution >= 0.6 is 0 Å². The molecule has 0 aliphatic carbocycles. The van der Waals surface area contributed by atoms with Crippen LogP contribution in [0.1, 0.15) is 37.7 Å². The zero-order chi connectivity index (χ0) is 15.2. The van der Waals surface area contributed by atoms with Crippen molar-refractivity contribution >= 4 is 10.8 Å². The molecule has 116 valence electrons. The molecule has 2 heterocycles. The summed E-state index contributed by atoms with van der Waals surface area (Å²) in [6.45, 7) is 0. The molecule has 2 saturated heterocycles. The smallest absolute Gasteiger partial charge is 0.162 e. The van der Waals surface area contributed by atoms with Crippen LogP contribution in [0, 0.1) is 11.6 Å². The number of benzene rings is 1. The molecule has 2 atom stereocenters. The van der Waals surface area contributed by atoms with Gasteiger partial charge in [0.15, 0.2) is 11.6 Å². The topological polar surface area (TPSA) is 46.5 Å². The van der Waals surface area contributed by atoms with E-state index in [-0.39, 0.29) is 21.8 Å². The first-order valence-electron chi connectivity index (χ1n) is 7.10. The van der Waals surface area contributed by atoms with E-state index < -0.39 is 28.0 Å². The fourth-order valence-electron chi connectivity index (χ4n) is 3.56. The molecular weight excluding hydrogens is 298 g/mol. The van der Waals surface area contributed by atoms with Gasteiger partial charge in [-0.05, 0) is 31.7 Å². The highest BCUT2D eigenvalue weighted by molar-refractivity contribution is 7.86. The predicted molar refractivity (Wildman–Crippen MR) is 75.6 cm³/mol. The van der Waals surface area contributed by atoms with E-state index >= 15 is 0 Å². The van der Waals surface area contributed by atoms with E-state index in [1.807, 2.05) is 0 Å². The van der Waals surface area contributed by atoms with Crippen LogP contribution in [-0.2, 0) is 16.4 Å². The van der Waals surface area contributed by atoms with Crippen LogP contribution in [-0.4, -0.2) is 26.9 Å². The van der Waals surface area contributed by atoms with Gasteiger partial charge < -0.3 is 9.84 Å². The van der Waals surface area contributed by atoms with Gasteiger partial charge >= 0.3 is 0 Å². The third-order valence-electron chi connectivity index (χ3n) is 4.58. The summed E-state index contributed by atoms with van der Waals surface area (Å²) in [5.41, 5.74) is -1.04. The molecule has 3 rings (SSSR count). The largest absolute Gasteiger partial charge is 0.496 e. The lowest BCUT2D eigenvalue weighted by atomic mass is 9.80. The minimum Gasteiger partial charge on any atom is -0.496 e. The highest BCUT2D eigenvalue weighted by Gasteiger charge is 2.47. The number of hydrogen-bond acceptors (Lipinski definition) is 3. The number of ether oxygens (including phenoxy) is 1. The molecule has 1 N–H and O–H groups in total. The Morgan fingerprint density at radius 3 is 2.38 bits per heavy atom. The summed E-state index contributed by atoms with van der Waals surface area (Å²) in [6.07, 6.45) is 3.22. The van der Waals surface area contributed by atoms with Gasteiger partial charge in [0.1, 0.15) is 5.75 Å². The summed E-state index contributed by atoms with van der Waals surface area (Å²) < 4.78 is 44.3. The average Bonchev–Trinajstić information content (AvgIpc) is 2.43. The Bertz CT molecular complexity index is 575. The van der Waals surface area contributed by atoms with Gasteiger partial charge in [-0.2, -0.15) is 0 Å². The summed E-state index contributed by atoms with van der Waals surface area (Å²) in [5, 5.41) is 10.8. The average molecular weight is 316 g/mol. The molecule has 0 spiro atoms.